The molecule has 2 N–H and O–H groups in total. The minimum atomic E-state index is -5.23. The van der Waals surface area contributed by atoms with Crippen LogP contribution in [0, 0.1) is 5.92 Å². The lowest BCUT2D eigenvalue weighted by Crippen LogP contribution is -2.45. The summed E-state index contributed by atoms with van der Waals surface area (Å²) in [6.07, 6.45) is 5.32. The maximum absolute atomic E-state index is 12.6. The molecule has 1 saturated heterocycles. The SMILES string of the molecule is CCCCCC(C)NC(=NCC1CCN(S(=O)(=O)C(F)(F)F)CC1)NCC. The van der Waals surface area contributed by atoms with Gasteiger partial charge >= 0.3 is 15.5 Å². The van der Waals surface area contributed by atoms with E-state index in [9.17, 15) is 21.6 Å². The highest BCUT2D eigenvalue weighted by atomic mass is 32.2. The van der Waals surface area contributed by atoms with E-state index >= 15 is 0 Å². The van der Waals surface area contributed by atoms with Crippen LogP contribution in [-0.4, -0.2) is 56.4 Å². The van der Waals surface area contributed by atoms with Crippen molar-refractivity contribution >= 4 is 16.0 Å². The van der Waals surface area contributed by atoms with Gasteiger partial charge in [0.25, 0.3) is 0 Å². The highest BCUT2D eigenvalue weighted by Gasteiger charge is 2.50. The van der Waals surface area contributed by atoms with Gasteiger partial charge in [0.05, 0.1) is 0 Å². The second-order valence-corrected chi connectivity index (χ2v) is 8.98. The van der Waals surface area contributed by atoms with Crippen molar-refractivity contribution in [2.24, 2.45) is 10.9 Å². The number of alkyl halides is 3. The van der Waals surface area contributed by atoms with Gasteiger partial charge < -0.3 is 10.6 Å². The van der Waals surface area contributed by atoms with Gasteiger partial charge in [-0.05, 0) is 39.0 Å². The molecule has 1 aliphatic rings. The molecule has 1 aliphatic heterocycles. The normalized spacial score (nSPS) is 19.1. The van der Waals surface area contributed by atoms with Gasteiger partial charge in [-0.15, -0.1) is 0 Å². The number of guanidine groups is 1. The summed E-state index contributed by atoms with van der Waals surface area (Å²) in [4.78, 5) is 4.55. The molecule has 1 heterocycles. The zero-order valence-corrected chi connectivity index (χ0v) is 17.3. The second-order valence-electron chi connectivity index (χ2n) is 7.05. The quantitative estimate of drug-likeness (QED) is 0.345. The van der Waals surface area contributed by atoms with Crippen molar-refractivity contribution in [1.29, 1.82) is 0 Å². The van der Waals surface area contributed by atoms with Crippen LogP contribution in [0.2, 0.25) is 0 Å². The molecule has 160 valence electrons. The molecule has 1 atom stereocenters. The molecule has 1 fully saturated rings. The summed E-state index contributed by atoms with van der Waals surface area (Å²) in [5.41, 5.74) is -5.23. The molecule has 0 radical (unpaired) electrons. The molecule has 0 bridgehead atoms. The van der Waals surface area contributed by atoms with Crippen molar-refractivity contribution in [3.8, 4) is 0 Å². The van der Waals surface area contributed by atoms with Gasteiger partial charge in [-0.3, -0.25) is 4.99 Å². The average molecular weight is 415 g/mol. The summed E-state index contributed by atoms with van der Waals surface area (Å²) in [5, 5.41) is 6.53. The van der Waals surface area contributed by atoms with E-state index in [1.807, 2.05) is 6.92 Å². The average Bonchev–Trinajstić information content (AvgIpc) is 2.59. The van der Waals surface area contributed by atoms with Crippen LogP contribution in [0.4, 0.5) is 13.2 Å². The Hall–Kier alpha value is -1.03. The monoisotopic (exact) mass is 414 g/mol. The fourth-order valence-corrected chi connectivity index (χ4v) is 4.01. The lowest BCUT2D eigenvalue weighted by molar-refractivity contribution is -0.0496. The fourth-order valence-electron chi connectivity index (χ4n) is 3.03. The zero-order chi connectivity index (χ0) is 20.5. The van der Waals surface area contributed by atoms with Gasteiger partial charge in [0, 0.05) is 32.2 Å². The first-order valence-electron chi connectivity index (χ1n) is 9.73. The van der Waals surface area contributed by atoms with E-state index in [0.29, 0.717) is 29.7 Å². The van der Waals surface area contributed by atoms with E-state index in [1.165, 1.54) is 12.8 Å². The molecule has 0 spiro atoms. The summed E-state index contributed by atoms with van der Waals surface area (Å²) in [6.45, 7) is 7.20. The zero-order valence-electron chi connectivity index (χ0n) is 16.5. The third-order valence-corrected chi connectivity index (χ3v) is 6.31. The van der Waals surface area contributed by atoms with E-state index in [1.54, 1.807) is 0 Å². The molecule has 6 nitrogen and oxygen atoms in total. The van der Waals surface area contributed by atoms with E-state index in [4.69, 9.17) is 0 Å². The van der Waals surface area contributed by atoms with Gasteiger partial charge in [-0.25, -0.2) is 8.42 Å². The number of piperidine rings is 1. The molecule has 0 saturated carbocycles. The van der Waals surface area contributed by atoms with Crippen molar-refractivity contribution in [3.05, 3.63) is 0 Å². The Labute approximate surface area is 161 Å². The number of rotatable bonds is 9. The first-order chi connectivity index (χ1) is 12.6. The van der Waals surface area contributed by atoms with E-state index in [-0.39, 0.29) is 25.0 Å². The van der Waals surface area contributed by atoms with Crippen LogP contribution < -0.4 is 10.6 Å². The fraction of sp³-hybridized carbons (Fsp3) is 0.941. The third kappa shape index (κ3) is 7.85. The van der Waals surface area contributed by atoms with Gasteiger partial charge in [0.2, 0.25) is 0 Å². The maximum atomic E-state index is 12.6. The molecular weight excluding hydrogens is 381 g/mol. The van der Waals surface area contributed by atoms with E-state index in [0.717, 1.165) is 19.4 Å². The predicted octanol–water partition coefficient (Wildman–Crippen LogP) is 3.07. The molecule has 0 aromatic heterocycles. The second kappa shape index (κ2) is 11.1. The number of sulfonamides is 1. The Morgan fingerprint density at radius 1 is 1.22 bits per heavy atom. The van der Waals surface area contributed by atoms with Crippen LogP contribution in [0.25, 0.3) is 0 Å². The number of nitrogens with zero attached hydrogens (tertiary/aromatic N) is 2. The van der Waals surface area contributed by atoms with Crippen LogP contribution in [0.1, 0.15) is 59.3 Å². The molecule has 0 aromatic carbocycles. The smallest absolute Gasteiger partial charge is 0.357 e. The summed E-state index contributed by atoms with van der Waals surface area (Å²) < 4.78 is 61.3. The van der Waals surface area contributed by atoms with E-state index in [2.05, 4.69) is 29.5 Å². The standard InChI is InChI=1S/C17H33F3N4O2S/c1-4-6-7-8-14(3)23-16(21-5-2)22-13-15-9-11-24(12-10-15)27(25,26)17(18,19)20/h14-15H,4-13H2,1-3H3,(H2,21,22,23). The van der Waals surface area contributed by atoms with Crippen molar-refractivity contribution in [1.82, 2.24) is 14.9 Å². The molecule has 1 unspecified atom stereocenters. The molecule has 27 heavy (non-hydrogen) atoms. The van der Waals surface area contributed by atoms with Gasteiger partial charge in [-0.1, -0.05) is 26.2 Å². The summed E-state index contributed by atoms with van der Waals surface area (Å²) in [5.74, 6) is 0.780. The van der Waals surface area contributed by atoms with Crippen LogP contribution >= 0.6 is 0 Å². The molecular formula is C17H33F3N4O2S. The predicted molar refractivity (Wildman–Crippen MR) is 102 cm³/mol. The van der Waals surface area contributed by atoms with Crippen molar-refractivity contribution in [2.75, 3.05) is 26.2 Å². The summed E-state index contributed by atoms with van der Waals surface area (Å²) in [7, 11) is -5.22. The van der Waals surface area contributed by atoms with Crippen molar-refractivity contribution in [2.45, 2.75) is 70.8 Å². The molecule has 0 amide bonds. The van der Waals surface area contributed by atoms with Gasteiger partial charge in [0.15, 0.2) is 5.96 Å². The minimum absolute atomic E-state index is 0.0792. The van der Waals surface area contributed by atoms with Crippen LogP contribution in [0.3, 0.4) is 0 Å². The number of hydrogen-bond donors (Lipinski definition) is 2. The third-order valence-electron chi connectivity index (χ3n) is 4.68. The largest absolute Gasteiger partial charge is 0.511 e. The molecule has 1 rings (SSSR count). The highest BCUT2D eigenvalue weighted by Crippen LogP contribution is 2.30. The van der Waals surface area contributed by atoms with Gasteiger partial charge in [0.1, 0.15) is 0 Å². The summed E-state index contributed by atoms with van der Waals surface area (Å²) in [6, 6.07) is 0.285. The molecule has 10 heteroatoms. The van der Waals surface area contributed by atoms with Gasteiger partial charge in [-0.2, -0.15) is 17.5 Å². The lowest BCUT2D eigenvalue weighted by atomic mass is 9.98. The topological polar surface area (TPSA) is 73.8 Å². The van der Waals surface area contributed by atoms with Crippen LogP contribution in [0.5, 0.6) is 0 Å². The Bertz CT molecular complexity index is 559. The lowest BCUT2D eigenvalue weighted by Gasteiger charge is -2.31. The van der Waals surface area contributed by atoms with Crippen molar-refractivity contribution in [3.63, 3.8) is 0 Å². The number of nitrogens with one attached hydrogen (secondary N) is 2. The Morgan fingerprint density at radius 2 is 1.85 bits per heavy atom. The number of hydrogen-bond acceptors (Lipinski definition) is 3. The Balaban J connectivity index is 2.52. The minimum Gasteiger partial charge on any atom is -0.357 e. The summed E-state index contributed by atoms with van der Waals surface area (Å²) >= 11 is 0. The number of unbranched alkanes of at least 4 members (excludes halogenated alkanes) is 2. The van der Waals surface area contributed by atoms with Crippen molar-refractivity contribution < 1.29 is 21.6 Å². The molecule has 0 aliphatic carbocycles. The maximum Gasteiger partial charge on any atom is 0.511 e. The number of halogens is 3. The van der Waals surface area contributed by atoms with Crippen LogP contribution in [-0.2, 0) is 10.0 Å². The van der Waals surface area contributed by atoms with E-state index < -0.39 is 15.5 Å². The Morgan fingerprint density at radius 3 is 2.37 bits per heavy atom. The van der Waals surface area contributed by atoms with Crippen LogP contribution in [0.15, 0.2) is 4.99 Å². The molecule has 0 aromatic rings. The number of aliphatic imine (C=N–C) groups is 1. The Kier molecular flexibility index (Phi) is 9.86. The highest BCUT2D eigenvalue weighted by molar-refractivity contribution is 7.90. The first kappa shape index (κ1) is 24.0. The first-order valence-corrected chi connectivity index (χ1v) is 11.2.